The molecule has 2 aliphatic heterocycles. The normalized spacial score (nSPS) is 19.3. The number of hydrogen-bond acceptors (Lipinski definition) is 3. The highest BCUT2D eigenvalue weighted by Gasteiger charge is 2.21. The third-order valence-corrected chi connectivity index (χ3v) is 4.40. The SMILES string of the molecule is CC(CN1CCCCC1)C(=O)c1ccc2c(c1)CCO2.Cl. The predicted molar refractivity (Wildman–Crippen MR) is 86.7 cm³/mol. The van der Waals surface area contributed by atoms with Gasteiger partial charge >= 0.3 is 0 Å². The number of hydrogen-bond donors (Lipinski definition) is 0. The van der Waals surface area contributed by atoms with E-state index in [1.807, 2.05) is 18.2 Å². The van der Waals surface area contributed by atoms with Gasteiger partial charge in [-0.1, -0.05) is 13.3 Å². The molecule has 21 heavy (non-hydrogen) atoms. The average Bonchev–Trinajstić information content (AvgIpc) is 2.94. The topological polar surface area (TPSA) is 29.5 Å². The molecule has 1 aromatic carbocycles. The van der Waals surface area contributed by atoms with Gasteiger partial charge in [-0.15, -0.1) is 12.4 Å². The van der Waals surface area contributed by atoms with Crippen LogP contribution in [0.2, 0.25) is 0 Å². The van der Waals surface area contributed by atoms with Crippen LogP contribution in [-0.2, 0) is 6.42 Å². The Balaban J connectivity index is 0.00000161. The first-order chi connectivity index (χ1) is 9.74. The first-order valence-corrected chi connectivity index (χ1v) is 7.76. The Labute approximate surface area is 133 Å². The summed E-state index contributed by atoms with van der Waals surface area (Å²) in [6.45, 7) is 5.99. The van der Waals surface area contributed by atoms with E-state index in [0.717, 1.165) is 44.0 Å². The van der Waals surface area contributed by atoms with Crippen LogP contribution in [0.1, 0.15) is 42.1 Å². The number of rotatable bonds is 4. The van der Waals surface area contributed by atoms with Gasteiger partial charge in [-0.25, -0.2) is 0 Å². The molecule has 3 rings (SSSR count). The fourth-order valence-corrected chi connectivity index (χ4v) is 3.24. The first-order valence-electron chi connectivity index (χ1n) is 7.76. The number of Topliss-reactive ketones (excluding diaryl/α,β-unsaturated/α-hetero) is 1. The zero-order chi connectivity index (χ0) is 13.9. The summed E-state index contributed by atoms with van der Waals surface area (Å²) in [5.41, 5.74) is 2.03. The van der Waals surface area contributed by atoms with Gasteiger partial charge in [0.2, 0.25) is 0 Å². The third-order valence-electron chi connectivity index (χ3n) is 4.40. The lowest BCUT2D eigenvalue weighted by Crippen LogP contribution is -2.35. The molecule has 0 spiro atoms. The number of benzene rings is 1. The van der Waals surface area contributed by atoms with Crippen LogP contribution in [0.25, 0.3) is 0 Å². The molecule has 4 heteroatoms. The van der Waals surface area contributed by atoms with E-state index in [2.05, 4.69) is 11.8 Å². The van der Waals surface area contributed by atoms with Crippen molar-refractivity contribution in [3.63, 3.8) is 0 Å². The van der Waals surface area contributed by atoms with Gasteiger partial charge < -0.3 is 9.64 Å². The van der Waals surface area contributed by atoms with Gasteiger partial charge in [0, 0.05) is 24.4 Å². The van der Waals surface area contributed by atoms with Crippen molar-refractivity contribution in [2.24, 2.45) is 5.92 Å². The molecule has 116 valence electrons. The van der Waals surface area contributed by atoms with Crippen molar-refractivity contribution in [2.45, 2.75) is 32.6 Å². The van der Waals surface area contributed by atoms with Crippen molar-refractivity contribution in [1.29, 1.82) is 0 Å². The standard InChI is InChI=1S/C17H23NO2.ClH/c1-13(12-18-8-3-2-4-9-18)17(19)15-5-6-16-14(11-15)7-10-20-16;/h5-6,11,13H,2-4,7-10,12H2,1H3;1H. The number of piperidine rings is 1. The molecule has 0 aliphatic carbocycles. The fraction of sp³-hybridized carbons (Fsp3) is 0.588. The summed E-state index contributed by atoms with van der Waals surface area (Å²) >= 11 is 0. The molecule has 1 saturated heterocycles. The summed E-state index contributed by atoms with van der Waals surface area (Å²) in [6, 6.07) is 5.89. The molecule has 1 unspecified atom stereocenters. The Morgan fingerprint density at radius 1 is 1.29 bits per heavy atom. The van der Waals surface area contributed by atoms with E-state index in [1.165, 1.54) is 24.8 Å². The summed E-state index contributed by atoms with van der Waals surface area (Å²) in [7, 11) is 0. The molecular weight excluding hydrogens is 286 g/mol. The molecule has 2 heterocycles. The number of nitrogens with zero attached hydrogens (tertiary/aromatic N) is 1. The molecule has 0 bridgehead atoms. The summed E-state index contributed by atoms with van der Waals surface area (Å²) in [4.78, 5) is 15.0. The molecule has 0 aromatic heterocycles. The molecular formula is C17H24ClNO2. The molecule has 0 radical (unpaired) electrons. The fourth-order valence-electron chi connectivity index (χ4n) is 3.24. The Morgan fingerprint density at radius 2 is 2.05 bits per heavy atom. The number of likely N-dealkylation sites (tertiary alicyclic amines) is 1. The van der Waals surface area contributed by atoms with E-state index >= 15 is 0 Å². The van der Waals surface area contributed by atoms with E-state index in [1.54, 1.807) is 0 Å². The molecule has 0 saturated carbocycles. The predicted octanol–water partition coefficient (Wildman–Crippen LogP) is 3.35. The quantitative estimate of drug-likeness (QED) is 0.799. The van der Waals surface area contributed by atoms with Crippen molar-refractivity contribution in [3.05, 3.63) is 29.3 Å². The van der Waals surface area contributed by atoms with Gasteiger partial charge in [-0.2, -0.15) is 0 Å². The van der Waals surface area contributed by atoms with E-state index in [0.29, 0.717) is 0 Å². The molecule has 1 fully saturated rings. The van der Waals surface area contributed by atoms with Gasteiger partial charge in [0.05, 0.1) is 6.61 Å². The zero-order valence-electron chi connectivity index (χ0n) is 12.6. The summed E-state index contributed by atoms with van der Waals surface area (Å²) in [6.07, 6.45) is 4.81. The average molecular weight is 310 g/mol. The zero-order valence-corrected chi connectivity index (χ0v) is 13.5. The lowest BCUT2D eigenvalue weighted by atomic mass is 9.96. The summed E-state index contributed by atoms with van der Waals surface area (Å²) < 4.78 is 5.50. The molecule has 1 aromatic rings. The van der Waals surface area contributed by atoms with Crippen LogP contribution < -0.4 is 4.74 Å². The van der Waals surface area contributed by atoms with E-state index in [-0.39, 0.29) is 24.1 Å². The van der Waals surface area contributed by atoms with Gasteiger partial charge in [-0.3, -0.25) is 4.79 Å². The van der Waals surface area contributed by atoms with Gasteiger partial charge in [-0.05, 0) is 49.7 Å². The second-order valence-corrected chi connectivity index (χ2v) is 6.05. The second kappa shape index (κ2) is 7.28. The highest BCUT2D eigenvalue weighted by molar-refractivity contribution is 5.98. The Hall–Kier alpha value is -1.06. The highest BCUT2D eigenvalue weighted by Crippen LogP contribution is 2.27. The second-order valence-electron chi connectivity index (χ2n) is 6.05. The maximum atomic E-state index is 12.6. The van der Waals surface area contributed by atoms with Crippen LogP contribution in [0, 0.1) is 5.92 Å². The highest BCUT2D eigenvalue weighted by atomic mass is 35.5. The van der Waals surface area contributed by atoms with E-state index in [9.17, 15) is 4.79 Å². The van der Waals surface area contributed by atoms with Gasteiger partial charge in [0.1, 0.15) is 5.75 Å². The number of carbonyl (C=O) groups excluding carboxylic acids is 1. The minimum atomic E-state index is 0. The molecule has 2 aliphatic rings. The van der Waals surface area contributed by atoms with Crippen LogP contribution >= 0.6 is 12.4 Å². The van der Waals surface area contributed by atoms with Gasteiger partial charge in [0.15, 0.2) is 5.78 Å². The van der Waals surface area contributed by atoms with Crippen LogP contribution in [-0.4, -0.2) is 36.9 Å². The molecule has 3 nitrogen and oxygen atoms in total. The Morgan fingerprint density at radius 3 is 2.81 bits per heavy atom. The lowest BCUT2D eigenvalue weighted by Gasteiger charge is -2.28. The maximum absolute atomic E-state index is 12.6. The van der Waals surface area contributed by atoms with Crippen molar-refractivity contribution < 1.29 is 9.53 Å². The first kappa shape index (κ1) is 16.3. The lowest BCUT2D eigenvalue weighted by molar-refractivity contribution is 0.0883. The number of halogens is 1. The third kappa shape index (κ3) is 3.78. The largest absolute Gasteiger partial charge is 0.493 e. The van der Waals surface area contributed by atoms with Crippen molar-refractivity contribution >= 4 is 18.2 Å². The van der Waals surface area contributed by atoms with Crippen LogP contribution in [0.4, 0.5) is 0 Å². The van der Waals surface area contributed by atoms with Crippen LogP contribution in [0.15, 0.2) is 18.2 Å². The van der Waals surface area contributed by atoms with Crippen LogP contribution in [0.3, 0.4) is 0 Å². The number of ether oxygens (including phenoxy) is 1. The Bertz CT molecular complexity index is 498. The van der Waals surface area contributed by atoms with Crippen molar-refractivity contribution in [2.75, 3.05) is 26.2 Å². The van der Waals surface area contributed by atoms with Crippen molar-refractivity contribution in [3.8, 4) is 5.75 Å². The summed E-state index contributed by atoms with van der Waals surface area (Å²) in [5.74, 6) is 1.30. The van der Waals surface area contributed by atoms with E-state index < -0.39 is 0 Å². The molecule has 0 amide bonds. The number of ketones is 1. The molecule has 1 atom stereocenters. The minimum absolute atomic E-state index is 0. The van der Waals surface area contributed by atoms with Crippen LogP contribution in [0.5, 0.6) is 5.75 Å². The number of fused-ring (bicyclic) bond motifs is 1. The molecule has 0 N–H and O–H groups in total. The van der Waals surface area contributed by atoms with Gasteiger partial charge in [0.25, 0.3) is 0 Å². The Kier molecular flexibility index (Phi) is 5.65. The van der Waals surface area contributed by atoms with E-state index in [4.69, 9.17) is 4.74 Å². The minimum Gasteiger partial charge on any atom is -0.493 e. The monoisotopic (exact) mass is 309 g/mol. The summed E-state index contributed by atoms with van der Waals surface area (Å²) in [5, 5.41) is 0. The van der Waals surface area contributed by atoms with Crippen molar-refractivity contribution in [1.82, 2.24) is 4.90 Å². The maximum Gasteiger partial charge on any atom is 0.166 e. The number of carbonyl (C=O) groups is 1. The smallest absolute Gasteiger partial charge is 0.166 e.